The summed E-state index contributed by atoms with van der Waals surface area (Å²) in [6, 6.07) is 0. The van der Waals surface area contributed by atoms with Gasteiger partial charge in [0.15, 0.2) is 0 Å². The van der Waals surface area contributed by atoms with E-state index in [1.165, 1.54) is 103 Å². The van der Waals surface area contributed by atoms with Crippen LogP contribution in [0.5, 0.6) is 0 Å². The van der Waals surface area contributed by atoms with E-state index in [-0.39, 0.29) is 0 Å². The monoisotopic (exact) mass is 390 g/mol. The third kappa shape index (κ3) is 17.8. The molecule has 0 spiro atoms. The van der Waals surface area contributed by atoms with Crippen molar-refractivity contribution in [2.24, 2.45) is 0 Å². The lowest BCUT2D eigenvalue weighted by atomic mass is 10.1. The van der Waals surface area contributed by atoms with Crippen molar-refractivity contribution < 1.29 is 3.63 Å². The summed E-state index contributed by atoms with van der Waals surface area (Å²) in [5.41, 5.74) is 0. The summed E-state index contributed by atoms with van der Waals surface area (Å²) >= 11 is 3.49. The van der Waals surface area contributed by atoms with Gasteiger partial charge in [0.2, 0.25) is 0 Å². The van der Waals surface area contributed by atoms with E-state index >= 15 is 0 Å². The highest BCUT2D eigenvalue weighted by molar-refractivity contribution is 8.08. The molecule has 2 atom stereocenters. The molecule has 0 aromatic rings. The van der Waals surface area contributed by atoms with Crippen molar-refractivity contribution in [1.82, 2.24) is 0 Å². The van der Waals surface area contributed by atoms with Gasteiger partial charge in [-0.25, -0.2) is 3.63 Å². The normalized spacial score (nSPS) is 13.9. The van der Waals surface area contributed by atoms with E-state index in [0.29, 0.717) is 10.5 Å². The van der Waals surface area contributed by atoms with E-state index < -0.39 is 0 Å². The van der Waals surface area contributed by atoms with Crippen LogP contribution in [0.1, 0.15) is 130 Å². The Labute approximate surface area is 168 Å². The lowest BCUT2D eigenvalue weighted by molar-refractivity contribution is 0.564. The molecule has 152 valence electrons. The predicted molar refractivity (Wildman–Crippen MR) is 120 cm³/mol. The standard InChI is InChI=1S/C22H46OS2/c1-5-9-11-13-15-17-19-21(7-3)24-23-25-22(8-4)20-18-16-14-12-10-6-2/h21-22H,5-20H2,1-4H3. The van der Waals surface area contributed by atoms with Gasteiger partial charge in [0, 0.05) is 34.6 Å². The quantitative estimate of drug-likeness (QED) is 0.151. The van der Waals surface area contributed by atoms with Crippen LogP contribution >= 0.6 is 24.1 Å². The molecule has 0 saturated carbocycles. The van der Waals surface area contributed by atoms with Crippen LogP contribution in [0.4, 0.5) is 0 Å². The molecule has 25 heavy (non-hydrogen) atoms. The van der Waals surface area contributed by atoms with Crippen molar-refractivity contribution in [3.8, 4) is 0 Å². The second-order valence-electron chi connectivity index (χ2n) is 7.43. The first-order valence-corrected chi connectivity index (χ1v) is 12.9. The Morgan fingerprint density at radius 3 is 1.24 bits per heavy atom. The first-order chi connectivity index (χ1) is 12.3. The van der Waals surface area contributed by atoms with Crippen molar-refractivity contribution in [2.45, 2.75) is 141 Å². The Balaban J connectivity index is 3.62. The Hall–Kier alpha value is 0.660. The fourth-order valence-corrected chi connectivity index (χ4v) is 4.95. The van der Waals surface area contributed by atoms with Gasteiger partial charge in [0.25, 0.3) is 0 Å². The molecule has 0 N–H and O–H groups in total. The van der Waals surface area contributed by atoms with Crippen molar-refractivity contribution in [3.05, 3.63) is 0 Å². The second-order valence-corrected chi connectivity index (χ2v) is 9.70. The summed E-state index contributed by atoms with van der Waals surface area (Å²) in [5.74, 6) is 0. The van der Waals surface area contributed by atoms with Crippen LogP contribution in [-0.4, -0.2) is 10.5 Å². The molecule has 0 aliphatic heterocycles. The number of rotatable bonds is 20. The molecule has 0 fully saturated rings. The first kappa shape index (κ1) is 25.7. The highest BCUT2D eigenvalue weighted by atomic mass is 32.2. The summed E-state index contributed by atoms with van der Waals surface area (Å²) in [5, 5.41) is 1.37. The zero-order chi connectivity index (χ0) is 18.6. The smallest absolute Gasteiger partial charge is 0.0321 e. The molecule has 0 rings (SSSR count). The molecule has 1 nitrogen and oxygen atoms in total. The molecule has 0 heterocycles. The maximum absolute atomic E-state index is 5.96. The van der Waals surface area contributed by atoms with Gasteiger partial charge in [-0.15, -0.1) is 0 Å². The van der Waals surface area contributed by atoms with Crippen LogP contribution in [0.25, 0.3) is 0 Å². The van der Waals surface area contributed by atoms with Crippen molar-refractivity contribution in [1.29, 1.82) is 0 Å². The van der Waals surface area contributed by atoms with E-state index in [1.807, 2.05) is 0 Å². The molecule has 0 aromatic carbocycles. The van der Waals surface area contributed by atoms with Gasteiger partial charge >= 0.3 is 0 Å². The van der Waals surface area contributed by atoms with Crippen molar-refractivity contribution in [3.63, 3.8) is 0 Å². The van der Waals surface area contributed by atoms with Gasteiger partial charge in [0.05, 0.1) is 0 Å². The molecule has 0 saturated heterocycles. The average molecular weight is 391 g/mol. The Bertz CT molecular complexity index is 224. The van der Waals surface area contributed by atoms with E-state index in [2.05, 4.69) is 27.7 Å². The third-order valence-corrected chi connectivity index (χ3v) is 7.33. The second kappa shape index (κ2) is 21.0. The fraction of sp³-hybridized carbons (Fsp3) is 1.00. The van der Waals surface area contributed by atoms with Gasteiger partial charge in [-0.05, 0) is 25.7 Å². The minimum Gasteiger partial charge on any atom is -0.247 e. The third-order valence-electron chi connectivity index (χ3n) is 5.02. The maximum Gasteiger partial charge on any atom is 0.0321 e. The molecule has 0 aliphatic rings. The summed E-state index contributed by atoms with van der Waals surface area (Å²) in [6.07, 6.45) is 21.8. The van der Waals surface area contributed by atoms with Gasteiger partial charge in [0.1, 0.15) is 0 Å². The topological polar surface area (TPSA) is 9.23 Å². The lowest BCUT2D eigenvalue weighted by Crippen LogP contribution is -2.04. The SMILES string of the molecule is CCCCCCCCC(CC)SOSC(CC)CCCCCCCC. The molecular weight excluding hydrogens is 344 g/mol. The predicted octanol–water partition coefficient (Wildman–Crippen LogP) is 9.36. The summed E-state index contributed by atoms with van der Waals surface area (Å²) < 4.78 is 5.96. The van der Waals surface area contributed by atoms with Gasteiger partial charge < -0.3 is 0 Å². The molecule has 0 bridgehead atoms. The van der Waals surface area contributed by atoms with Crippen LogP contribution in [0.3, 0.4) is 0 Å². The molecule has 0 aromatic heterocycles. The molecule has 0 aliphatic carbocycles. The summed E-state index contributed by atoms with van der Waals surface area (Å²) in [7, 11) is 0. The highest BCUT2D eigenvalue weighted by Crippen LogP contribution is 2.31. The molecule has 3 heteroatoms. The molecule has 0 amide bonds. The lowest BCUT2D eigenvalue weighted by Gasteiger charge is -2.16. The number of unbranched alkanes of at least 4 members (excludes halogenated alkanes) is 10. The minimum absolute atomic E-state index is 0.685. The Morgan fingerprint density at radius 2 is 0.880 bits per heavy atom. The zero-order valence-corrected chi connectivity index (χ0v) is 19.3. The fourth-order valence-electron chi connectivity index (χ4n) is 3.08. The Morgan fingerprint density at radius 1 is 0.520 bits per heavy atom. The maximum atomic E-state index is 5.96. The molecular formula is C22H46OS2. The summed E-state index contributed by atoms with van der Waals surface area (Å²) in [6.45, 7) is 9.18. The Kier molecular flexibility index (Phi) is 21.5. The van der Waals surface area contributed by atoms with Gasteiger partial charge in [-0.1, -0.05) is 105 Å². The van der Waals surface area contributed by atoms with E-state index in [1.54, 1.807) is 24.1 Å². The number of hydrogen-bond acceptors (Lipinski definition) is 3. The van der Waals surface area contributed by atoms with Crippen molar-refractivity contribution in [2.75, 3.05) is 0 Å². The first-order valence-electron chi connectivity index (χ1n) is 11.3. The largest absolute Gasteiger partial charge is 0.247 e. The van der Waals surface area contributed by atoms with E-state index in [0.717, 1.165) is 0 Å². The van der Waals surface area contributed by atoms with E-state index in [4.69, 9.17) is 3.63 Å². The van der Waals surface area contributed by atoms with Gasteiger partial charge in [-0.2, -0.15) is 0 Å². The van der Waals surface area contributed by atoms with Gasteiger partial charge in [-0.3, -0.25) is 0 Å². The van der Waals surface area contributed by atoms with Crippen LogP contribution in [0, 0.1) is 0 Å². The minimum atomic E-state index is 0.685. The van der Waals surface area contributed by atoms with Crippen LogP contribution in [0.15, 0.2) is 0 Å². The van der Waals surface area contributed by atoms with Crippen molar-refractivity contribution >= 4 is 24.1 Å². The molecule has 0 radical (unpaired) electrons. The van der Waals surface area contributed by atoms with Crippen LogP contribution in [-0.2, 0) is 3.63 Å². The van der Waals surface area contributed by atoms with Crippen LogP contribution < -0.4 is 0 Å². The zero-order valence-electron chi connectivity index (χ0n) is 17.7. The highest BCUT2D eigenvalue weighted by Gasteiger charge is 2.12. The molecule has 2 unspecified atom stereocenters. The summed E-state index contributed by atoms with van der Waals surface area (Å²) in [4.78, 5) is 0. The number of hydrogen-bond donors (Lipinski definition) is 0. The van der Waals surface area contributed by atoms with Crippen LogP contribution in [0.2, 0.25) is 0 Å². The van der Waals surface area contributed by atoms with E-state index in [9.17, 15) is 0 Å². The average Bonchev–Trinajstić information content (AvgIpc) is 2.64.